The van der Waals surface area contributed by atoms with Crippen molar-refractivity contribution in [3.8, 4) is 0 Å². The van der Waals surface area contributed by atoms with Crippen molar-refractivity contribution in [2.24, 2.45) is 0 Å². The lowest BCUT2D eigenvalue weighted by molar-refractivity contribution is -0.343. The second-order valence-corrected chi connectivity index (χ2v) is 29.5. The molecular formula is C62H100N6O35S2. The van der Waals surface area contributed by atoms with E-state index in [1.54, 1.807) is 21.6 Å². The first-order valence-electron chi connectivity index (χ1n) is 34.4. The zero-order valence-electron chi connectivity index (χ0n) is 56.6. The molecule has 31 atom stereocenters. The van der Waals surface area contributed by atoms with Gasteiger partial charge in [0.1, 0.15) is 146 Å². The van der Waals surface area contributed by atoms with Crippen LogP contribution in [0.4, 0.5) is 11.4 Å². The molecule has 7 heterocycles. The fourth-order valence-corrected chi connectivity index (χ4v) is 16.1. The number of benzene rings is 1. The van der Waals surface area contributed by atoms with Gasteiger partial charge in [0, 0.05) is 53.6 Å². The number of carbonyl (C=O) groups is 5. The molecule has 8 rings (SSSR count). The van der Waals surface area contributed by atoms with Crippen LogP contribution in [0.15, 0.2) is 24.3 Å². The maximum atomic E-state index is 14.3. The third-order valence-electron chi connectivity index (χ3n) is 19.3. The molecule has 5 amide bonds. The predicted molar refractivity (Wildman–Crippen MR) is 353 cm³/mol. The van der Waals surface area contributed by atoms with E-state index in [4.69, 9.17) is 42.6 Å². The number of unbranched alkanes of at least 4 members (excludes halogenated alkanes) is 1. The number of ether oxygens (including phenoxy) is 9. The second kappa shape index (κ2) is 40.2. The highest BCUT2D eigenvalue weighted by molar-refractivity contribution is 8.77. The molecule has 7 aliphatic heterocycles. The molecule has 0 spiro atoms. The fourth-order valence-electron chi connectivity index (χ4n) is 13.1. The van der Waals surface area contributed by atoms with Crippen molar-refractivity contribution < 1.29 is 174 Å². The van der Waals surface area contributed by atoms with E-state index in [1.807, 2.05) is 0 Å². The lowest BCUT2D eigenvalue weighted by Gasteiger charge is -2.46. The molecule has 43 heteroatoms. The maximum Gasteiger partial charge on any atom is 0.239 e. The summed E-state index contributed by atoms with van der Waals surface area (Å²) in [7, 11) is 3.54. The summed E-state index contributed by atoms with van der Waals surface area (Å²) >= 11 is 0. The average Bonchev–Trinajstić information content (AvgIpc) is 0.918. The van der Waals surface area contributed by atoms with Crippen molar-refractivity contribution in [3.05, 3.63) is 24.3 Å². The molecule has 1 aromatic carbocycles. The normalized spacial score (nSPS) is 40.0. The van der Waals surface area contributed by atoms with Crippen LogP contribution in [-0.4, -0.2) is 384 Å². The van der Waals surface area contributed by atoms with Gasteiger partial charge in [0.05, 0.1) is 46.2 Å². The Kier molecular flexibility index (Phi) is 33.1. The first-order valence-corrected chi connectivity index (χ1v) is 36.7. The SMILES string of the molecule is O=C(CCCCC1CCSS1)NCC(=O)NC(CCC(=O)Nc1cccc(NC2O[C@H](CO)[C@@H](O[C@H]3O[C@H](CO)[C@@H](O)[C@H](O)[C@H]3O)[C@H](O)[C@H]2O)c1)(CCC(=O)NC1O[C@H](CO)[C@@H](O[C@H]2O[C@H](CO)[C@@H](O)[C@H](O)[C@H]2O)[C@H](O)[C@H]1O)CCC(=O)NC1O[C@H](CO)[C@@H](O[C@H]2O[C@H](CO)[C@@H](O)[C@H](O)[C@H]2O)[C@H](O)[C@H]1O. The van der Waals surface area contributed by atoms with Gasteiger partial charge >= 0.3 is 0 Å². The lowest BCUT2D eigenvalue weighted by atomic mass is 9.83. The van der Waals surface area contributed by atoms with Crippen LogP contribution in [0.25, 0.3) is 0 Å². The van der Waals surface area contributed by atoms with E-state index < -0.39 is 304 Å². The van der Waals surface area contributed by atoms with Crippen LogP contribution in [0.5, 0.6) is 0 Å². The molecular weight excluding hydrogens is 1450 g/mol. The number of amides is 5. The molecule has 1 aromatic rings. The van der Waals surface area contributed by atoms with Crippen molar-refractivity contribution in [3.63, 3.8) is 0 Å². The van der Waals surface area contributed by atoms with Gasteiger partial charge in [-0.25, -0.2) is 0 Å². The predicted octanol–water partition coefficient (Wildman–Crippen LogP) is -11.8. The third-order valence-corrected chi connectivity index (χ3v) is 22.3. The molecule has 0 saturated carbocycles. The fraction of sp³-hybridized carbons (Fsp3) is 0.823. The number of carbonyl (C=O) groups excluding carboxylic acids is 5. The molecule has 0 bridgehead atoms. The Morgan fingerprint density at radius 2 is 0.829 bits per heavy atom. The summed E-state index contributed by atoms with van der Waals surface area (Å²) in [6.07, 6.45) is -54.8. The van der Waals surface area contributed by atoms with Crippen LogP contribution in [0, 0.1) is 0 Å². The van der Waals surface area contributed by atoms with Gasteiger partial charge in [0.15, 0.2) is 37.6 Å². The number of aliphatic hydroxyl groups is 21. The average molecular weight is 1550 g/mol. The highest BCUT2D eigenvalue weighted by atomic mass is 33.1. The van der Waals surface area contributed by atoms with Gasteiger partial charge in [0.25, 0.3) is 0 Å². The van der Waals surface area contributed by atoms with Crippen LogP contribution in [0.1, 0.15) is 70.6 Å². The van der Waals surface area contributed by atoms with E-state index in [2.05, 4.69) is 31.9 Å². The van der Waals surface area contributed by atoms with E-state index >= 15 is 0 Å². The Morgan fingerprint density at radius 3 is 1.24 bits per heavy atom. The number of hydrogen-bond donors (Lipinski definition) is 27. The summed E-state index contributed by atoms with van der Waals surface area (Å²) < 4.78 is 50.4. The topological polar surface area (TPSA) is 665 Å². The monoisotopic (exact) mass is 1550 g/mol. The number of rotatable bonds is 34. The van der Waals surface area contributed by atoms with Gasteiger partial charge < -0.3 is 182 Å². The Hall–Kier alpha value is -4.13. The lowest BCUT2D eigenvalue weighted by Crippen LogP contribution is -2.66. The Bertz CT molecular complexity index is 2810. The number of aliphatic hydroxyl groups excluding tert-OH is 21. The van der Waals surface area contributed by atoms with Crippen molar-refractivity contribution >= 4 is 62.5 Å². The minimum Gasteiger partial charge on any atom is -0.394 e. The minimum absolute atomic E-state index is 0.0344. The molecule has 600 valence electrons. The van der Waals surface area contributed by atoms with Gasteiger partial charge in [0.2, 0.25) is 29.5 Å². The summed E-state index contributed by atoms with van der Waals surface area (Å²) in [5, 5.41) is 238. The zero-order chi connectivity index (χ0) is 76.7. The summed E-state index contributed by atoms with van der Waals surface area (Å²) in [4.78, 5) is 70.3. The third kappa shape index (κ3) is 22.1. The molecule has 27 N–H and O–H groups in total. The Morgan fingerprint density at radius 1 is 0.429 bits per heavy atom. The van der Waals surface area contributed by atoms with Crippen LogP contribution in [0.2, 0.25) is 0 Å². The standard InChI is InChI=1S/C62H100N6O35S2/c69-18-27-38(80)41(83)50(92)59(98-27)101-53-30(21-72)95-56(47(89)44(53)86)65-25-5-3-4-24(16-25)64-34(76)8-12-62(68-37(79)17-63-33(75)7-2-1-6-26-11-15-104-105-26,13-9-35(77)66-57-48(90)45(87)54(31(22-73)96-57)102-60-51(93)42(84)39(81)28(19-70)99-60)14-10-36(78)67-58-49(91)46(88)55(32(23-74)97-58)103-61-52(94)43(85)40(82)29(20-71)100-61/h3-5,16,26-32,38-61,65,69-74,80-94H,1-2,6-15,17-23H2,(H,63,75)(H,64,76)(H,66,77)(H,67,78)(H,68,79)/t26?,27-,28-,29-,30-,31-,32-,38-,39-,40-,41+,42+,43+,44-,45-,46-,47-,48-,49-,50-,51-,52-,53-,54-,55-,56?,57?,58?,59-,60-,61-,62?/m1/s1. The van der Waals surface area contributed by atoms with Crippen LogP contribution >= 0.6 is 21.6 Å². The van der Waals surface area contributed by atoms with E-state index in [1.165, 1.54) is 24.3 Å². The molecule has 7 fully saturated rings. The van der Waals surface area contributed by atoms with Gasteiger partial charge in [-0.1, -0.05) is 34.1 Å². The van der Waals surface area contributed by atoms with Crippen molar-refractivity contribution in [1.29, 1.82) is 0 Å². The minimum atomic E-state index is -2.11. The van der Waals surface area contributed by atoms with Crippen LogP contribution in [-0.2, 0) is 66.6 Å². The van der Waals surface area contributed by atoms with Crippen molar-refractivity contribution in [2.75, 3.05) is 62.6 Å². The number of anilines is 2. The quantitative estimate of drug-likeness (QED) is 0.0225. The highest BCUT2D eigenvalue weighted by Crippen LogP contribution is 2.40. The first kappa shape index (κ1) is 86.5. The van der Waals surface area contributed by atoms with Crippen molar-refractivity contribution in [1.82, 2.24) is 21.3 Å². The smallest absolute Gasteiger partial charge is 0.239 e. The van der Waals surface area contributed by atoms with Gasteiger partial charge in [-0.15, -0.1) is 0 Å². The zero-order valence-corrected chi connectivity index (χ0v) is 58.2. The highest BCUT2D eigenvalue weighted by Gasteiger charge is 2.55. The van der Waals surface area contributed by atoms with Crippen LogP contribution in [0.3, 0.4) is 0 Å². The molecule has 7 aliphatic rings. The Balaban J connectivity index is 1.00. The molecule has 0 aliphatic carbocycles. The molecule has 105 heavy (non-hydrogen) atoms. The van der Waals surface area contributed by atoms with Crippen LogP contribution < -0.4 is 31.9 Å². The Labute approximate surface area is 607 Å². The number of hydrogen-bond acceptors (Lipinski definition) is 38. The van der Waals surface area contributed by atoms with E-state index in [0.717, 1.165) is 25.0 Å². The van der Waals surface area contributed by atoms with Gasteiger partial charge in [-0.05, 0) is 56.7 Å². The number of nitrogens with one attached hydrogen (secondary N) is 6. The van der Waals surface area contributed by atoms with Gasteiger partial charge in [-0.3, -0.25) is 24.0 Å². The second-order valence-electron chi connectivity index (χ2n) is 26.8. The van der Waals surface area contributed by atoms with Crippen molar-refractivity contribution in [2.45, 2.75) is 265 Å². The summed E-state index contributed by atoms with van der Waals surface area (Å²) in [5.74, 6) is -3.24. The van der Waals surface area contributed by atoms with E-state index in [9.17, 15) is 131 Å². The largest absolute Gasteiger partial charge is 0.394 e. The summed E-state index contributed by atoms with van der Waals surface area (Å²) in [6, 6.07) is 5.65. The van der Waals surface area contributed by atoms with Gasteiger partial charge in [-0.2, -0.15) is 0 Å². The van der Waals surface area contributed by atoms with E-state index in [-0.39, 0.29) is 17.8 Å². The molecule has 41 nitrogen and oxygen atoms in total. The molecule has 4 unspecified atom stereocenters. The molecule has 0 aromatic heterocycles. The molecule has 0 radical (unpaired) electrons. The maximum absolute atomic E-state index is 14.3. The summed E-state index contributed by atoms with van der Waals surface area (Å²) in [5.41, 5.74) is -1.73. The summed E-state index contributed by atoms with van der Waals surface area (Å²) in [6.45, 7) is -6.09. The van der Waals surface area contributed by atoms with E-state index in [0.29, 0.717) is 11.7 Å². The molecule has 7 saturated heterocycles. The first-order chi connectivity index (χ1) is 50.0.